The van der Waals surface area contributed by atoms with Crippen LogP contribution in [0.4, 0.5) is 10.8 Å². The maximum atomic E-state index is 12.2. The summed E-state index contributed by atoms with van der Waals surface area (Å²) in [7, 11) is 0. The molecule has 1 aliphatic rings. The minimum Gasteiger partial charge on any atom is -0.439 e. The third-order valence-corrected chi connectivity index (χ3v) is 6.04. The van der Waals surface area contributed by atoms with Crippen LogP contribution in [-0.4, -0.2) is 21.8 Å². The van der Waals surface area contributed by atoms with Crippen molar-refractivity contribution in [2.24, 2.45) is 5.92 Å². The van der Waals surface area contributed by atoms with Crippen LogP contribution >= 0.6 is 11.3 Å². The van der Waals surface area contributed by atoms with E-state index in [2.05, 4.69) is 32.4 Å². The standard InChI is InChI=1S/C26H20N4O3S/c1-16-7-11-19(27-22(31)13-8-17-5-3-2-4-6-17)15-21(16)33-23-14-12-20-25(29-23)34-26(28-20)30-24(32)18-9-10-18/h2-7,11-12,14-15,18H,9-10H2,1H3,(H,27,31)(H,28,30,32). The molecule has 2 N–H and O–H groups in total. The fourth-order valence-corrected chi connectivity index (χ4v) is 4.01. The van der Waals surface area contributed by atoms with Crippen LogP contribution in [0.25, 0.3) is 10.3 Å². The summed E-state index contributed by atoms with van der Waals surface area (Å²) in [5, 5.41) is 6.16. The lowest BCUT2D eigenvalue weighted by atomic mass is 10.2. The number of nitrogens with one attached hydrogen (secondary N) is 2. The number of aryl methyl sites for hydroxylation is 1. The third kappa shape index (κ3) is 5.22. The molecule has 1 fully saturated rings. The predicted molar refractivity (Wildman–Crippen MR) is 132 cm³/mol. The fourth-order valence-electron chi connectivity index (χ4n) is 3.18. The average Bonchev–Trinajstić information content (AvgIpc) is 3.61. The molecule has 2 aromatic heterocycles. The molecule has 0 spiro atoms. The smallest absolute Gasteiger partial charge is 0.300 e. The van der Waals surface area contributed by atoms with Gasteiger partial charge in [0.15, 0.2) is 5.13 Å². The van der Waals surface area contributed by atoms with Gasteiger partial charge in [-0.1, -0.05) is 41.5 Å². The fraction of sp³-hybridized carbons (Fsp3) is 0.154. The van der Waals surface area contributed by atoms with Gasteiger partial charge in [-0.25, -0.2) is 9.97 Å². The number of rotatable bonds is 5. The highest BCUT2D eigenvalue weighted by atomic mass is 32.1. The quantitative estimate of drug-likeness (QED) is 0.396. The summed E-state index contributed by atoms with van der Waals surface area (Å²) in [6, 6.07) is 18.2. The van der Waals surface area contributed by atoms with E-state index in [1.165, 1.54) is 11.3 Å². The van der Waals surface area contributed by atoms with E-state index in [0.717, 1.165) is 24.0 Å². The Hall–Kier alpha value is -4.22. The number of hydrogen-bond acceptors (Lipinski definition) is 6. The molecule has 2 aromatic carbocycles. The Morgan fingerprint density at radius 2 is 1.85 bits per heavy atom. The van der Waals surface area contributed by atoms with Gasteiger partial charge in [0.05, 0.1) is 0 Å². The van der Waals surface area contributed by atoms with E-state index in [1.54, 1.807) is 24.3 Å². The topological polar surface area (TPSA) is 93.2 Å². The SMILES string of the molecule is Cc1ccc(NC(=O)C#Cc2ccccc2)cc1Oc1ccc2nc(NC(=O)C3CC3)sc2n1. The normalized spacial score (nSPS) is 12.5. The van der Waals surface area contributed by atoms with Crippen molar-refractivity contribution in [2.45, 2.75) is 19.8 Å². The number of pyridine rings is 1. The number of amides is 2. The van der Waals surface area contributed by atoms with E-state index < -0.39 is 5.91 Å². The second-order valence-corrected chi connectivity index (χ2v) is 8.89. The molecule has 0 unspecified atom stereocenters. The zero-order valence-corrected chi connectivity index (χ0v) is 19.1. The van der Waals surface area contributed by atoms with E-state index in [0.29, 0.717) is 32.8 Å². The molecule has 1 saturated carbocycles. The summed E-state index contributed by atoms with van der Waals surface area (Å²) in [5.74, 6) is 6.09. The second-order valence-electron chi connectivity index (χ2n) is 7.91. The van der Waals surface area contributed by atoms with E-state index in [1.807, 2.05) is 43.3 Å². The highest BCUT2D eigenvalue weighted by molar-refractivity contribution is 7.21. The van der Waals surface area contributed by atoms with Gasteiger partial charge in [0.1, 0.15) is 16.1 Å². The highest BCUT2D eigenvalue weighted by Crippen LogP contribution is 2.33. The van der Waals surface area contributed by atoms with Gasteiger partial charge in [-0.3, -0.25) is 9.59 Å². The Bertz CT molecular complexity index is 1450. The van der Waals surface area contributed by atoms with Crippen molar-refractivity contribution >= 4 is 44.3 Å². The molecule has 34 heavy (non-hydrogen) atoms. The van der Waals surface area contributed by atoms with Gasteiger partial charge in [-0.15, -0.1) is 0 Å². The molecular weight excluding hydrogens is 448 g/mol. The summed E-state index contributed by atoms with van der Waals surface area (Å²) >= 11 is 1.31. The van der Waals surface area contributed by atoms with Crippen molar-refractivity contribution in [1.29, 1.82) is 0 Å². The van der Waals surface area contributed by atoms with Crippen molar-refractivity contribution in [1.82, 2.24) is 9.97 Å². The number of anilines is 2. The monoisotopic (exact) mass is 468 g/mol. The molecule has 7 nitrogen and oxygen atoms in total. The molecule has 168 valence electrons. The number of thiazole rings is 1. The number of ether oxygens (including phenoxy) is 1. The van der Waals surface area contributed by atoms with E-state index in [9.17, 15) is 9.59 Å². The van der Waals surface area contributed by atoms with E-state index in [4.69, 9.17) is 4.74 Å². The molecule has 1 aliphatic carbocycles. The van der Waals surface area contributed by atoms with Crippen molar-refractivity contribution in [3.8, 4) is 23.5 Å². The molecule has 8 heteroatoms. The van der Waals surface area contributed by atoms with Crippen molar-refractivity contribution in [3.05, 3.63) is 71.8 Å². The van der Waals surface area contributed by atoms with Gasteiger partial charge < -0.3 is 15.4 Å². The van der Waals surface area contributed by atoms with Crippen LogP contribution in [0.2, 0.25) is 0 Å². The lowest BCUT2D eigenvalue weighted by Gasteiger charge is -2.10. The molecule has 5 rings (SSSR count). The van der Waals surface area contributed by atoms with Crippen LogP contribution in [0.15, 0.2) is 60.7 Å². The lowest BCUT2D eigenvalue weighted by molar-refractivity contribution is -0.117. The molecule has 2 heterocycles. The first-order valence-corrected chi connectivity index (χ1v) is 11.6. The molecule has 4 aromatic rings. The van der Waals surface area contributed by atoms with Crippen LogP contribution in [0.3, 0.4) is 0 Å². The van der Waals surface area contributed by atoms with Crippen LogP contribution in [-0.2, 0) is 9.59 Å². The van der Waals surface area contributed by atoms with E-state index >= 15 is 0 Å². The van der Waals surface area contributed by atoms with Crippen LogP contribution < -0.4 is 15.4 Å². The highest BCUT2D eigenvalue weighted by Gasteiger charge is 2.30. The zero-order chi connectivity index (χ0) is 23.5. The first-order valence-electron chi connectivity index (χ1n) is 10.8. The molecule has 0 saturated heterocycles. The summed E-state index contributed by atoms with van der Waals surface area (Å²) in [4.78, 5) is 33.8. The summed E-state index contributed by atoms with van der Waals surface area (Å²) in [6.45, 7) is 1.91. The lowest BCUT2D eigenvalue weighted by Crippen LogP contribution is -2.12. The maximum Gasteiger partial charge on any atom is 0.300 e. The van der Waals surface area contributed by atoms with Gasteiger partial charge in [0, 0.05) is 35.2 Å². The van der Waals surface area contributed by atoms with Crippen molar-refractivity contribution in [2.75, 3.05) is 10.6 Å². The predicted octanol–water partition coefficient (Wildman–Crippen LogP) is 5.13. The van der Waals surface area contributed by atoms with Crippen LogP contribution in [0, 0.1) is 24.7 Å². The number of hydrogen-bond donors (Lipinski definition) is 2. The molecule has 0 aliphatic heterocycles. The summed E-state index contributed by atoms with van der Waals surface area (Å²) < 4.78 is 6.00. The second kappa shape index (κ2) is 9.33. The average molecular weight is 469 g/mol. The van der Waals surface area contributed by atoms with Gasteiger partial charge in [0.2, 0.25) is 11.8 Å². The van der Waals surface area contributed by atoms with Crippen LogP contribution in [0.5, 0.6) is 11.6 Å². The first-order chi connectivity index (χ1) is 16.5. The molecule has 0 radical (unpaired) electrons. The Morgan fingerprint density at radius 1 is 1.03 bits per heavy atom. The maximum absolute atomic E-state index is 12.2. The number of carbonyl (C=O) groups excluding carboxylic acids is 2. The summed E-state index contributed by atoms with van der Waals surface area (Å²) in [5.41, 5.74) is 2.91. The summed E-state index contributed by atoms with van der Waals surface area (Å²) in [6.07, 6.45) is 1.87. The molecule has 0 atom stereocenters. The minimum atomic E-state index is -0.413. The van der Waals surface area contributed by atoms with Gasteiger partial charge in [0.25, 0.3) is 0 Å². The van der Waals surface area contributed by atoms with Crippen molar-refractivity contribution < 1.29 is 14.3 Å². The number of nitrogens with zero attached hydrogens (tertiary/aromatic N) is 2. The zero-order valence-electron chi connectivity index (χ0n) is 18.3. The van der Waals surface area contributed by atoms with Crippen molar-refractivity contribution in [3.63, 3.8) is 0 Å². The number of fused-ring (bicyclic) bond motifs is 1. The molecular formula is C26H20N4O3S. The Kier molecular flexibility index (Phi) is 5.93. The minimum absolute atomic E-state index is 0.0125. The third-order valence-electron chi connectivity index (χ3n) is 5.16. The Morgan fingerprint density at radius 3 is 2.65 bits per heavy atom. The Labute approximate surface area is 200 Å². The number of aromatic nitrogens is 2. The number of benzene rings is 2. The largest absolute Gasteiger partial charge is 0.439 e. The van der Waals surface area contributed by atoms with Gasteiger partial charge >= 0.3 is 5.91 Å². The van der Waals surface area contributed by atoms with Crippen LogP contribution in [0.1, 0.15) is 24.0 Å². The number of carbonyl (C=O) groups is 2. The van der Waals surface area contributed by atoms with Gasteiger partial charge in [-0.05, 0) is 49.6 Å². The molecule has 0 bridgehead atoms. The van der Waals surface area contributed by atoms with Gasteiger partial charge in [-0.2, -0.15) is 0 Å². The molecule has 2 amide bonds. The van der Waals surface area contributed by atoms with E-state index in [-0.39, 0.29) is 11.8 Å². The first kappa shape index (κ1) is 21.6. The Balaban J connectivity index is 1.29.